The van der Waals surface area contributed by atoms with Gasteiger partial charge in [0.15, 0.2) is 0 Å². The molecule has 0 bridgehead atoms. The van der Waals surface area contributed by atoms with Crippen LogP contribution in [0.5, 0.6) is 0 Å². The van der Waals surface area contributed by atoms with Crippen LogP contribution in [0, 0.1) is 5.82 Å². The summed E-state index contributed by atoms with van der Waals surface area (Å²) in [5, 5.41) is 10.4. The lowest BCUT2D eigenvalue weighted by molar-refractivity contribution is -0.105. The van der Waals surface area contributed by atoms with Crippen LogP contribution in [0.15, 0.2) is 65.3 Å². The Morgan fingerprint density at radius 2 is 2.00 bits per heavy atom. The largest absolute Gasteiger partial charge is 0.415 e. The Kier molecular flexibility index (Phi) is 6.11. The Morgan fingerprint density at radius 3 is 2.72 bits per heavy atom. The van der Waals surface area contributed by atoms with Gasteiger partial charge in [-0.25, -0.2) is 4.39 Å². The highest BCUT2D eigenvalue weighted by Gasteiger charge is 2.19. The average Bonchev–Trinajstić information content (AvgIpc) is 3.56. The van der Waals surface area contributed by atoms with Gasteiger partial charge in [-0.3, -0.25) is 9.78 Å². The monoisotopic (exact) mass is 492 g/mol. The second kappa shape index (κ2) is 9.53. The van der Waals surface area contributed by atoms with Gasteiger partial charge >= 0.3 is 6.43 Å². The molecule has 0 spiro atoms. The minimum absolute atomic E-state index is 0.0646. The minimum Gasteiger partial charge on any atom is -0.415 e. The molecular weight excluding hydrogens is 473 g/mol. The number of pyridine rings is 1. The summed E-state index contributed by atoms with van der Waals surface area (Å²) >= 11 is 0. The summed E-state index contributed by atoms with van der Waals surface area (Å²) in [6.07, 6.45) is 0.894. The van der Waals surface area contributed by atoms with Gasteiger partial charge in [-0.2, -0.15) is 8.78 Å². The van der Waals surface area contributed by atoms with Crippen LogP contribution in [0.4, 0.5) is 24.5 Å². The number of carbonyl (C=O) groups is 1. The molecule has 8 nitrogen and oxygen atoms in total. The summed E-state index contributed by atoms with van der Waals surface area (Å²) in [5.74, 6) is -1.27. The van der Waals surface area contributed by atoms with Crippen LogP contribution in [0.3, 0.4) is 0 Å². The van der Waals surface area contributed by atoms with E-state index >= 15 is 4.39 Å². The van der Waals surface area contributed by atoms with Crippen LogP contribution in [0.1, 0.15) is 18.0 Å². The van der Waals surface area contributed by atoms with E-state index in [1.165, 1.54) is 12.3 Å². The summed E-state index contributed by atoms with van der Waals surface area (Å²) < 4.78 is 45.6. The number of nitrogens with zero attached hydrogens (tertiary/aromatic N) is 4. The molecule has 1 amide bonds. The normalized spacial score (nSPS) is 11.2. The van der Waals surface area contributed by atoms with E-state index in [2.05, 4.69) is 25.5 Å². The molecule has 0 unspecified atom stereocenters. The molecule has 2 N–H and O–H groups in total. The number of rotatable bonds is 8. The van der Waals surface area contributed by atoms with Gasteiger partial charge in [-0.1, -0.05) is 12.1 Å². The first-order chi connectivity index (χ1) is 17.4. The molecule has 5 rings (SSSR count). The molecule has 0 radical (unpaired) electrons. The van der Waals surface area contributed by atoms with E-state index in [1.807, 2.05) is 24.3 Å². The van der Waals surface area contributed by atoms with E-state index in [-0.39, 0.29) is 12.4 Å². The van der Waals surface area contributed by atoms with Crippen molar-refractivity contribution >= 4 is 28.7 Å². The number of hydrogen-bond donors (Lipinski definition) is 2. The number of H-pyrrole nitrogens is 1. The van der Waals surface area contributed by atoms with E-state index in [9.17, 15) is 13.6 Å². The Balaban J connectivity index is 1.42. The number of aromatic amines is 1. The highest BCUT2D eigenvalue weighted by Crippen LogP contribution is 2.37. The summed E-state index contributed by atoms with van der Waals surface area (Å²) in [6.45, 7) is 0.270. The van der Waals surface area contributed by atoms with Crippen molar-refractivity contribution in [3.8, 4) is 22.6 Å². The summed E-state index contributed by atoms with van der Waals surface area (Å²) in [4.78, 5) is 20.5. The van der Waals surface area contributed by atoms with Gasteiger partial charge in [-0.05, 0) is 42.0 Å². The predicted octanol–water partition coefficient (Wildman–Crippen LogP) is 5.56. The van der Waals surface area contributed by atoms with E-state index in [1.54, 1.807) is 36.3 Å². The van der Waals surface area contributed by atoms with Crippen LogP contribution in [0.2, 0.25) is 0 Å². The zero-order valence-electron chi connectivity index (χ0n) is 18.9. The zero-order chi connectivity index (χ0) is 25.2. The molecule has 0 atom stereocenters. The third-order valence-corrected chi connectivity index (χ3v) is 5.69. The molecular formula is C25H19F3N6O2. The molecule has 0 saturated carbocycles. The molecule has 0 fully saturated rings. The zero-order valence-corrected chi connectivity index (χ0v) is 18.9. The second-order valence-electron chi connectivity index (χ2n) is 8.00. The highest BCUT2D eigenvalue weighted by molar-refractivity contribution is 5.97. The number of amides is 1. The van der Waals surface area contributed by atoms with Crippen LogP contribution < -0.4 is 10.2 Å². The molecule has 5 aromatic rings. The lowest BCUT2D eigenvalue weighted by atomic mass is 9.99. The first-order valence-corrected chi connectivity index (χ1v) is 10.8. The fraction of sp³-hybridized carbons (Fsp3) is 0.120. The highest BCUT2D eigenvalue weighted by atomic mass is 19.3. The number of nitrogens with one attached hydrogen (secondary N) is 2. The van der Waals surface area contributed by atoms with Gasteiger partial charge in [-0.15, -0.1) is 10.2 Å². The lowest BCUT2D eigenvalue weighted by Crippen LogP contribution is -2.19. The third kappa shape index (κ3) is 4.38. The first-order valence-electron chi connectivity index (χ1n) is 10.8. The Labute approximate surface area is 202 Å². The van der Waals surface area contributed by atoms with Crippen LogP contribution in [0.25, 0.3) is 33.5 Å². The summed E-state index contributed by atoms with van der Waals surface area (Å²) in [5.41, 5.74) is 3.80. The second-order valence-corrected chi connectivity index (χ2v) is 8.00. The predicted molar refractivity (Wildman–Crippen MR) is 128 cm³/mol. The number of halogens is 3. The number of hydrogen-bond acceptors (Lipinski definition) is 6. The van der Waals surface area contributed by atoms with Gasteiger partial charge in [0.05, 0.1) is 29.2 Å². The fourth-order valence-electron chi connectivity index (χ4n) is 4.00. The van der Waals surface area contributed by atoms with E-state index in [4.69, 9.17) is 4.42 Å². The Hall–Kier alpha value is -4.67. The molecule has 0 aliphatic carbocycles. The maximum atomic E-state index is 15.3. The van der Waals surface area contributed by atoms with Gasteiger partial charge in [0.1, 0.15) is 5.82 Å². The number of aromatic nitrogens is 4. The summed E-state index contributed by atoms with van der Waals surface area (Å²) in [6, 6.07) is 13.7. The molecule has 0 aliphatic heterocycles. The standard InChI is InChI=1S/C25H19F3N6O2/c1-34(12-15-6-5-14(11-30-15)24-32-33-25(36-24)23(27)28)22-10-19(26)18(9-21(22)31-13-35)16-3-2-4-20-17(16)7-8-29-20/h2-11,13,23,29H,12H2,1H3,(H,31,35). The smallest absolute Gasteiger partial charge is 0.314 e. The quantitative estimate of drug-likeness (QED) is 0.275. The van der Waals surface area contributed by atoms with Crippen molar-refractivity contribution in [3.63, 3.8) is 0 Å². The van der Waals surface area contributed by atoms with Crippen molar-refractivity contribution in [1.82, 2.24) is 20.2 Å². The Morgan fingerprint density at radius 1 is 1.14 bits per heavy atom. The van der Waals surface area contributed by atoms with E-state index in [0.717, 1.165) is 10.9 Å². The molecule has 0 saturated heterocycles. The maximum absolute atomic E-state index is 15.3. The minimum atomic E-state index is -2.86. The van der Waals surface area contributed by atoms with Crippen LogP contribution in [-0.4, -0.2) is 33.6 Å². The van der Waals surface area contributed by atoms with Crippen molar-refractivity contribution in [2.75, 3.05) is 17.3 Å². The number of anilines is 2. The topological polar surface area (TPSA) is 99.9 Å². The third-order valence-electron chi connectivity index (χ3n) is 5.69. The molecule has 3 heterocycles. The molecule has 2 aromatic carbocycles. The average molecular weight is 492 g/mol. The fourth-order valence-corrected chi connectivity index (χ4v) is 4.00. The SMILES string of the molecule is CN(Cc1ccc(-c2nnc(C(F)F)o2)cn1)c1cc(F)c(-c2cccc3[nH]ccc23)cc1NC=O. The molecule has 36 heavy (non-hydrogen) atoms. The number of alkyl halides is 2. The van der Waals surface area contributed by atoms with Gasteiger partial charge in [0.2, 0.25) is 12.3 Å². The lowest BCUT2D eigenvalue weighted by Gasteiger charge is -2.23. The van der Waals surface area contributed by atoms with Crippen molar-refractivity contribution < 1.29 is 22.4 Å². The van der Waals surface area contributed by atoms with Gasteiger partial charge in [0, 0.05) is 35.9 Å². The van der Waals surface area contributed by atoms with Crippen molar-refractivity contribution in [2.45, 2.75) is 13.0 Å². The molecule has 182 valence electrons. The summed E-state index contributed by atoms with van der Waals surface area (Å²) in [7, 11) is 1.74. The number of carbonyl (C=O) groups excluding carboxylic acids is 1. The van der Waals surface area contributed by atoms with E-state index < -0.39 is 18.1 Å². The van der Waals surface area contributed by atoms with Crippen LogP contribution >= 0.6 is 0 Å². The number of fused-ring (bicyclic) bond motifs is 1. The molecule has 0 aliphatic rings. The van der Waals surface area contributed by atoms with Crippen molar-refractivity contribution in [2.24, 2.45) is 0 Å². The van der Waals surface area contributed by atoms with E-state index in [0.29, 0.717) is 40.2 Å². The van der Waals surface area contributed by atoms with Gasteiger partial charge < -0.3 is 19.6 Å². The van der Waals surface area contributed by atoms with Gasteiger partial charge in [0.25, 0.3) is 5.89 Å². The Bertz CT molecular complexity index is 1530. The van der Waals surface area contributed by atoms with Crippen molar-refractivity contribution in [1.29, 1.82) is 0 Å². The maximum Gasteiger partial charge on any atom is 0.314 e. The number of benzene rings is 2. The first kappa shape index (κ1) is 23.1. The molecule has 3 aromatic heterocycles. The molecule has 11 heteroatoms. The van der Waals surface area contributed by atoms with Crippen molar-refractivity contribution in [3.05, 3.63) is 78.3 Å². The van der Waals surface area contributed by atoms with Crippen LogP contribution in [-0.2, 0) is 11.3 Å².